The van der Waals surface area contributed by atoms with Crippen molar-refractivity contribution < 1.29 is 13.9 Å². The zero-order valence-corrected chi connectivity index (χ0v) is 16.0. The van der Waals surface area contributed by atoms with Gasteiger partial charge in [0.1, 0.15) is 11.6 Å². The summed E-state index contributed by atoms with van der Waals surface area (Å²) in [6, 6.07) is 13.5. The third-order valence-electron chi connectivity index (χ3n) is 4.09. The minimum Gasteiger partial charge on any atom is -0.496 e. The molecule has 0 radical (unpaired) electrons. The number of hydrogen-bond donors (Lipinski definition) is 2. The fraction of sp³-hybridized carbons (Fsp3) is 0.143. The smallest absolute Gasteiger partial charge is 0.257 e. The zero-order chi connectivity index (χ0) is 19.9. The quantitative estimate of drug-likeness (QED) is 0.599. The Morgan fingerprint density at radius 2 is 1.96 bits per heavy atom. The number of nitrogens with zero attached hydrogens (tertiary/aromatic N) is 1. The highest BCUT2D eigenvalue weighted by Gasteiger charge is 2.09. The SMILES string of the molecule is COc1ccccc1CCNc1cncc(C(=O)Nc2ccc(F)c(Cl)c2)c1. The van der Waals surface area contributed by atoms with Crippen molar-refractivity contribution in [3.8, 4) is 5.75 Å². The molecule has 3 aromatic rings. The van der Waals surface area contributed by atoms with Gasteiger partial charge in [0.25, 0.3) is 5.91 Å². The number of amides is 1. The molecule has 0 unspecified atom stereocenters. The first kappa shape index (κ1) is 19.6. The molecule has 144 valence electrons. The van der Waals surface area contributed by atoms with E-state index in [2.05, 4.69) is 15.6 Å². The highest BCUT2D eigenvalue weighted by atomic mass is 35.5. The van der Waals surface area contributed by atoms with E-state index in [1.807, 2.05) is 24.3 Å². The largest absolute Gasteiger partial charge is 0.496 e. The first-order valence-electron chi connectivity index (χ1n) is 8.64. The predicted molar refractivity (Wildman–Crippen MR) is 109 cm³/mol. The summed E-state index contributed by atoms with van der Waals surface area (Å²) in [5, 5.41) is 5.87. The molecular weight excluding hydrogens is 381 g/mol. The number of para-hydroxylation sites is 1. The molecule has 1 heterocycles. The molecule has 0 aliphatic carbocycles. The van der Waals surface area contributed by atoms with Crippen molar-refractivity contribution in [1.29, 1.82) is 0 Å². The minimum atomic E-state index is -0.539. The first-order chi connectivity index (χ1) is 13.6. The van der Waals surface area contributed by atoms with E-state index in [0.29, 0.717) is 17.8 Å². The Labute approximate surface area is 167 Å². The lowest BCUT2D eigenvalue weighted by molar-refractivity contribution is 0.102. The lowest BCUT2D eigenvalue weighted by Gasteiger charge is -2.11. The van der Waals surface area contributed by atoms with Crippen LogP contribution in [0.15, 0.2) is 60.9 Å². The molecule has 0 aliphatic heterocycles. The van der Waals surface area contributed by atoms with Crippen LogP contribution in [0.25, 0.3) is 0 Å². The molecule has 2 aromatic carbocycles. The molecule has 0 aliphatic rings. The summed E-state index contributed by atoms with van der Waals surface area (Å²) >= 11 is 5.74. The van der Waals surface area contributed by atoms with Crippen molar-refractivity contribution in [3.63, 3.8) is 0 Å². The van der Waals surface area contributed by atoms with Gasteiger partial charge in [-0.25, -0.2) is 4.39 Å². The fourth-order valence-corrected chi connectivity index (χ4v) is 2.87. The third kappa shape index (κ3) is 4.98. The van der Waals surface area contributed by atoms with Crippen molar-refractivity contribution in [2.45, 2.75) is 6.42 Å². The van der Waals surface area contributed by atoms with Crippen molar-refractivity contribution in [3.05, 3.63) is 82.9 Å². The van der Waals surface area contributed by atoms with Gasteiger partial charge in [-0.2, -0.15) is 0 Å². The van der Waals surface area contributed by atoms with Crippen LogP contribution in [0.1, 0.15) is 15.9 Å². The van der Waals surface area contributed by atoms with E-state index in [1.165, 1.54) is 24.4 Å². The Balaban J connectivity index is 1.61. The number of carbonyl (C=O) groups is 1. The van der Waals surface area contributed by atoms with Gasteiger partial charge in [-0.1, -0.05) is 29.8 Å². The second kappa shape index (κ2) is 9.19. The average Bonchev–Trinajstić information content (AvgIpc) is 2.71. The molecule has 0 saturated carbocycles. The van der Waals surface area contributed by atoms with Crippen LogP contribution in [0, 0.1) is 5.82 Å². The van der Waals surface area contributed by atoms with E-state index in [1.54, 1.807) is 19.4 Å². The van der Waals surface area contributed by atoms with Gasteiger partial charge in [-0.3, -0.25) is 9.78 Å². The van der Waals surface area contributed by atoms with Crippen LogP contribution in [0.3, 0.4) is 0 Å². The number of nitrogens with one attached hydrogen (secondary N) is 2. The molecular formula is C21H19ClFN3O2. The maximum Gasteiger partial charge on any atom is 0.257 e. The second-order valence-corrected chi connectivity index (χ2v) is 6.44. The van der Waals surface area contributed by atoms with Gasteiger partial charge < -0.3 is 15.4 Å². The van der Waals surface area contributed by atoms with Crippen molar-refractivity contribution in [1.82, 2.24) is 4.98 Å². The van der Waals surface area contributed by atoms with Crippen LogP contribution in [-0.2, 0) is 6.42 Å². The van der Waals surface area contributed by atoms with Crippen molar-refractivity contribution in [2.75, 3.05) is 24.3 Å². The Kier molecular flexibility index (Phi) is 6.45. The van der Waals surface area contributed by atoms with Gasteiger partial charge >= 0.3 is 0 Å². The average molecular weight is 400 g/mol. The molecule has 5 nitrogen and oxygen atoms in total. The Morgan fingerprint density at radius 3 is 2.75 bits per heavy atom. The summed E-state index contributed by atoms with van der Waals surface area (Å²) in [5.74, 6) is -0.0559. The molecule has 0 saturated heterocycles. The maximum atomic E-state index is 13.2. The zero-order valence-electron chi connectivity index (χ0n) is 15.2. The van der Waals surface area contributed by atoms with Gasteiger partial charge in [0.2, 0.25) is 0 Å². The Bertz CT molecular complexity index is 981. The molecule has 3 rings (SSSR count). The Morgan fingerprint density at radius 1 is 1.14 bits per heavy atom. The number of aromatic nitrogens is 1. The summed E-state index contributed by atoms with van der Waals surface area (Å²) in [7, 11) is 1.65. The fourth-order valence-electron chi connectivity index (χ4n) is 2.69. The van der Waals surface area contributed by atoms with E-state index in [9.17, 15) is 9.18 Å². The monoisotopic (exact) mass is 399 g/mol. The van der Waals surface area contributed by atoms with E-state index in [4.69, 9.17) is 16.3 Å². The molecule has 7 heteroatoms. The topological polar surface area (TPSA) is 63.2 Å². The van der Waals surface area contributed by atoms with Crippen LogP contribution in [0.5, 0.6) is 5.75 Å². The summed E-state index contributed by atoms with van der Waals surface area (Å²) in [5.41, 5.74) is 2.60. The summed E-state index contributed by atoms with van der Waals surface area (Å²) in [6.07, 6.45) is 3.87. The van der Waals surface area contributed by atoms with Gasteiger partial charge in [0, 0.05) is 24.6 Å². The summed E-state index contributed by atoms with van der Waals surface area (Å²) in [4.78, 5) is 16.5. The number of pyridine rings is 1. The standard InChI is InChI=1S/C21H19ClFN3O2/c1-28-20-5-3-2-4-14(20)8-9-25-17-10-15(12-24-13-17)21(27)26-16-6-7-19(23)18(22)11-16/h2-7,10-13,25H,8-9H2,1H3,(H,26,27). The van der Waals surface area contributed by atoms with Gasteiger partial charge in [-0.15, -0.1) is 0 Å². The lowest BCUT2D eigenvalue weighted by Crippen LogP contribution is -2.13. The third-order valence-corrected chi connectivity index (χ3v) is 4.38. The highest BCUT2D eigenvalue weighted by molar-refractivity contribution is 6.31. The second-order valence-electron chi connectivity index (χ2n) is 6.03. The number of anilines is 2. The normalized spacial score (nSPS) is 10.4. The maximum absolute atomic E-state index is 13.2. The van der Waals surface area contributed by atoms with Crippen LogP contribution in [-0.4, -0.2) is 24.5 Å². The summed E-state index contributed by atoms with van der Waals surface area (Å²) in [6.45, 7) is 0.653. The van der Waals surface area contributed by atoms with Crippen molar-refractivity contribution in [2.24, 2.45) is 0 Å². The lowest BCUT2D eigenvalue weighted by atomic mass is 10.1. The highest BCUT2D eigenvalue weighted by Crippen LogP contribution is 2.21. The number of benzene rings is 2. The van der Waals surface area contributed by atoms with Crippen LogP contribution < -0.4 is 15.4 Å². The van der Waals surface area contributed by atoms with Crippen LogP contribution in [0.2, 0.25) is 5.02 Å². The van der Waals surface area contributed by atoms with Crippen molar-refractivity contribution >= 4 is 28.9 Å². The molecule has 1 aromatic heterocycles. The van der Waals surface area contributed by atoms with Crippen LogP contribution >= 0.6 is 11.6 Å². The van der Waals surface area contributed by atoms with Gasteiger partial charge in [0.15, 0.2) is 0 Å². The molecule has 28 heavy (non-hydrogen) atoms. The number of methoxy groups -OCH3 is 1. The molecule has 0 fully saturated rings. The number of carbonyl (C=O) groups excluding carboxylic acids is 1. The van der Waals surface area contributed by atoms with E-state index >= 15 is 0 Å². The number of halogens is 2. The minimum absolute atomic E-state index is 0.0531. The molecule has 0 bridgehead atoms. The first-order valence-corrected chi connectivity index (χ1v) is 9.02. The number of hydrogen-bond acceptors (Lipinski definition) is 4. The van der Waals surface area contributed by atoms with Crippen LogP contribution in [0.4, 0.5) is 15.8 Å². The summed E-state index contributed by atoms with van der Waals surface area (Å²) < 4.78 is 18.6. The molecule has 0 spiro atoms. The van der Waals surface area contributed by atoms with E-state index < -0.39 is 5.82 Å². The number of rotatable bonds is 7. The van der Waals surface area contributed by atoms with E-state index in [0.717, 1.165) is 23.4 Å². The predicted octanol–water partition coefficient (Wildman–Crippen LogP) is 4.79. The number of ether oxygens (including phenoxy) is 1. The Hall–Kier alpha value is -3.12. The van der Waals surface area contributed by atoms with E-state index in [-0.39, 0.29) is 10.9 Å². The molecule has 0 atom stereocenters. The molecule has 1 amide bonds. The molecule has 2 N–H and O–H groups in total. The van der Waals surface area contributed by atoms with Gasteiger partial charge in [-0.05, 0) is 42.3 Å². The van der Waals surface area contributed by atoms with Gasteiger partial charge in [0.05, 0.1) is 23.4 Å².